The molecule has 0 aliphatic carbocycles. The van der Waals surface area contributed by atoms with E-state index >= 15 is 0 Å². The van der Waals surface area contributed by atoms with Gasteiger partial charge >= 0.3 is 0 Å². The van der Waals surface area contributed by atoms with Crippen LogP contribution in [-0.4, -0.2) is 11.6 Å². The smallest absolute Gasteiger partial charge is 0.124 e. The third-order valence-electron chi connectivity index (χ3n) is 3.16. The number of pyridine rings is 1. The van der Waals surface area contributed by atoms with E-state index < -0.39 is 0 Å². The largest absolute Gasteiger partial charge is 0.493 e. The van der Waals surface area contributed by atoms with E-state index in [1.54, 1.807) is 12.4 Å². The van der Waals surface area contributed by atoms with Crippen LogP contribution in [0.3, 0.4) is 0 Å². The standard InChI is InChI=1S/C16H20N2O/c1-2-15(17)14-5-3-4-6-16(14)19-12-9-13-7-10-18-11-8-13/h3-8,10-11,15H,2,9,12,17H2,1H3. The highest BCUT2D eigenvalue weighted by molar-refractivity contribution is 5.35. The lowest BCUT2D eigenvalue weighted by Crippen LogP contribution is -2.11. The van der Waals surface area contributed by atoms with Crippen LogP contribution in [-0.2, 0) is 6.42 Å². The van der Waals surface area contributed by atoms with Crippen molar-refractivity contribution in [3.05, 3.63) is 59.9 Å². The molecule has 0 spiro atoms. The topological polar surface area (TPSA) is 48.1 Å². The number of aromatic nitrogens is 1. The highest BCUT2D eigenvalue weighted by atomic mass is 16.5. The summed E-state index contributed by atoms with van der Waals surface area (Å²) in [7, 11) is 0. The SMILES string of the molecule is CCC(N)c1ccccc1OCCc1ccncc1. The molecule has 0 amide bonds. The van der Waals surface area contributed by atoms with Gasteiger partial charge in [0.2, 0.25) is 0 Å². The summed E-state index contributed by atoms with van der Waals surface area (Å²) in [4.78, 5) is 4.00. The zero-order valence-electron chi connectivity index (χ0n) is 11.3. The Morgan fingerprint density at radius 1 is 1.16 bits per heavy atom. The monoisotopic (exact) mass is 256 g/mol. The second-order valence-corrected chi connectivity index (χ2v) is 4.51. The van der Waals surface area contributed by atoms with Crippen LogP contribution in [0.25, 0.3) is 0 Å². The van der Waals surface area contributed by atoms with E-state index in [0.717, 1.165) is 24.2 Å². The zero-order chi connectivity index (χ0) is 13.5. The van der Waals surface area contributed by atoms with Crippen LogP contribution in [0.15, 0.2) is 48.8 Å². The van der Waals surface area contributed by atoms with Crippen molar-refractivity contribution < 1.29 is 4.74 Å². The highest BCUT2D eigenvalue weighted by Gasteiger charge is 2.09. The molecule has 3 nitrogen and oxygen atoms in total. The first kappa shape index (κ1) is 13.6. The van der Waals surface area contributed by atoms with E-state index in [4.69, 9.17) is 10.5 Å². The van der Waals surface area contributed by atoms with Crippen LogP contribution in [0.5, 0.6) is 5.75 Å². The summed E-state index contributed by atoms with van der Waals surface area (Å²) in [5, 5.41) is 0. The molecule has 0 bridgehead atoms. The van der Waals surface area contributed by atoms with Gasteiger partial charge in [0.1, 0.15) is 5.75 Å². The number of para-hydroxylation sites is 1. The first-order valence-electron chi connectivity index (χ1n) is 6.67. The summed E-state index contributed by atoms with van der Waals surface area (Å²) in [6, 6.07) is 12.1. The molecular formula is C16H20N2O. The van der Waals surface area contributed by atoms with E-state index in [-0.39, 0.29) is 6.04 Å². The minimum absolute atomic E-state index is 0.0390. The van der Waals surface area contributed by atoms with Crippen molar-refractivity contribution in [1.29, 1.82) is 0 Å². The Labute approximate surface area is 114 Å². The van der Waals surface area contributed by atoms with Gasteiger partial charge in [0.05, 0.1) is 6.61 Å². The first-order valence-corrected chi connectivity index (χ1v) is 6.67. The highest BCUT2D eigenvalue weighted by Crippen LogP contribution is 2.25. The van der Waals surface area contributed by atoms with Gasteiger partial charge in [-0.25, -0.2) is 0 Å². The van der Waals surface area contributed by atoms with Crippen LogP contribution >= 0.6 is 0 Å². The number of hydrogen-bond acceptors (Lipinski definition) is 3. The number of benzene rings is 1. The Morgan fingerprint density at radius 2 is 1.89 bits per heavy atom. The van der Waals surface area contributed by atoms with Gasteiger partial charge in [0.15, 0.2) is 0 Å². The average molecular weight is 256 g/mol. The molecule has 2 rings (SSSR count). The predicted octanol–water partition coefficient (Wildman–Crippen LogP) is 3.11. The lowest BCUT2D eigenvalue weighted by molar-refractivity contribution is 0.316. The van der Waals surface area contributed by atoms with Crippen LogP contribution in [0, 0.1) is 0 Å². The van der Waals surface area contributed by atoms with Crippen molar-refractivity contribution in [1.82, 2.24) is 4.98 Å². The molecule has 0 saturated heterocycles. The molecule has 0 aliphatic heterocycles. The van der Waals surface area contributed by atoms with Crippen molar-refractivity contribution in [2.24, 2.45) is 5.73 Å². The molecule has 100 valence electrons. The van der Waals surface area contributed by atoms with Crippen LogP contribution in [0.2, 0.25) is 0 Å². The molecule has 3 heteroatoms. The van der Waals surface area contributed by atoms with Crippen LogP contribution in [0.4, 0.5) is 0 Å². The second-order valence-electron chi connectivity index (χ2n) is 4.51. The molecular weight excluding hydrogens is 236 g/mol. The molecule has 1 aromatic carbocycles. The van der Waals surface area contributed by atoms with Crippen LogP contribution < -0.4 is 10.5 Å². The summed E-state index contributed by atoms with van der Waals surface area (Å²) in [6.45, 7) is 2.73. The molecule has 1 aromatic heterocycles. The Morgan fingerprint density at radius 3 is 2.63 bits per heavy atom. The van der Waals surface area contributed by atoms with Gasteiger partial charge in [-0.1, -0.05) is 25.1 Å². The fraction of sp³-hybridized carbons (Fsp3) is 0.312. The van der Waals surface area contributed by atoms with E-state index in [0.29, 0.717) is 6.61 Å². The van der Waals surface area contributed by atoms with Crippen LogP contribution in [0.1, 0.15) is 30.5 Å². The predicted molar refractivity (Wildman–Crippen MR) is 77.1 cm³/mol. The fourth-order valence-corrected chi connectivity index (χ4v) is 1.97. The van der Waals surface area contributed by atoms with Gasteiger partial charge in [-0.05, 0) is 30.2 Å². The Bertz CT molecular complexity index is 499. The van der Waals surface area contributed by atoms with E-state index in [2.05, 4.69) is 11.9 Å². The molecule has 1 unspecified atom stereocenters. The molecule has 0 fully saturated rings. The van der Waals surface area contributed by atoms with Gasteiger partial charge in [-0.3, -0.25) is 4.98 Å². The maximum atomic E-state index is 6.09. The number of nitrogens with two attached hydrogens (primary N) is 1. The van der Waals surface area contributed by atoms with Crippen molar-refractivity contribution in [3.63, 3.8) is 0 Å². The minimum Gasteiger partial charge on any atom is -0.493 e. The minimum atomic E-state index is 0.0390. The summed E-state index contributed by atoms with van der Waals surface area (Å²) in [6.07, 6.45) is 5.38. The molecule has 0 radical (unpaired) electrons. The molecule has 1 heterocycles. The van der Waals surface area contributed by atoms with Crippen molar-refractivity contribution in [2.75, 3.05) is 6.61 Å². The summed E-state index contributed by atoms with van der Waals surface area (Å²) in [5.74, 6) is 0.894. The van der Waals surface area contributed by atoms with E-state index in [1.165, 1.54) is 5.56 Å². The molecule has 19 heavy (non-hydrogen) atoms. The molecule has 1 atom stereocenters. The number of rotatable bonds is 6. The summed E-state index contributed by atoms with van der Waals surface area (Å²) in [5.41, 5.74) is 8.40. The maximum Gasteiger partial charge on any atom is 0.124 e. The normalized spacial score (nSPS) is 12.1. The quantitative estimate of drug-likeness (QED) is 0.864. The second kappa shape index (κ2) is 6.90. The third kappa shape index (κ3) is 3.80. The fourth-order valence-electron chi connectivity index (χ4n) is 1.97. The van der Waals surface area contributed by atoms with Gasteiger partial charge in [0, 0.05) is 30.4 Å². The van der Waals surface area contributed by atoms with Gasteiger partial charge in [-0.15, -0.1) is 0 Å². The lowest BCUT2D eigenvalue weighted by atomic mass is 10.0. The van der Waals surface area contributed by atoms with Gasteiger partial charge in [0.25, 0.3) is 0 Å². The Balaban J connectivity index is 1.96. The lowest BCUT2D eigenvalue weighted by Gasteiger charge is -2.15. The third-order valence-corrected chi connectivity index (χ3v) is 3.16. The number of hydrogen-bond donors (Lipinski definition) is 1. The molecule has 0 aliphatic rings. The van der Waals surface area contributed by atoms with Crippen molar-refractivity contribution >= 4 is 0 Å². The summed E-state index contributed by atoms with van der Waals surface area (Å²) >= 11 is 0. The average Bonchev–Trinajstić information content (AvgIpc) is 2.48. The molecule has 0 saturated carbocycles. The molecule has 2 N–H and O–H groups in total. The summed E-state index contributed by atoms with van der Waals surface area (Å²) < 4.78 is 5.86. The number of ether oxygens (including phenoxy) is 1. The first-order chi connectivity index (χ1) is 9.31. The van der Waals surface area contributed by atoms with Crippen molar-refractivity contribution in [2.45, 2.75) is 25.8 Å². The van der Waals surface area contributed by atoms with Crippen molar-refractivity contribution in [3.8, 4) is 5.75 Å². The van der Waals surface area contributed by atoms with E-state index in [9.17, 15) is 0 Å². The zero-order valence-corrected chi connectivity index (χ0v) is 11.3. The molecule has 2 aromatic rings. The van der Waals surface area contributed by atoms with Gasteiger partial charge < -0.3 is 10.5 Å². The Hall–Kier alpha value is -1.87. The number of nitrogens with zero attached hydrogens (tertiary/aromatic N) is 1. The Kier molecular flexibility index (Phi) is 4.93. The maximum absolute atomic E-state index is 6.09. The van der Waals surface area contributed by atoms with E-state index in [1.807, 2.05) is 36.4 Å². The van der Waals surface area contributed by atoms with Gasteiger partial charge in [-0.2, -0.15) is 0 Å².